The van der Waals surface area contributed by atoms with Crippen LogP contribution in [0.3, 0.4) is 0 Å². The Balaban J connectivity index is 1.41. The summed E-state index contributed by atoms with van der Waals surface area (Å²) < 4.78 is 31.6. The molecule has 0 spiro atoms. The van der Waals surface area contributed by atoms with Gasteiger partial charge in [0.25, 0.3) is 0 Å². The highest BCUT2D eigenvalue weighted by atomic mass is 19.1. The number of aryl methyl sites for hydroxylation is 1. The summed E-state index contributed by atoms with van der Waals surface area (Å²) >= 11 is 0. The molecule has 1 aromatic carbocycles. The molecule has 0 saturated carbocycles. The van der Waals surface area contributed by atoms with Crippen molar-refractivity contribution in [2.24, 2.45) is 0 Å². The molecule has 0 radical (unpaired) electrons. The fourth-order valence-corrected chi connectivity index (χ4v) is 4.63. The molecule has 9 nitrogen and oxygen atoms in total. The van der Waals surface area contributed by atoms with E-state index in [0.29, 0.717) is 29.3 Å². The van der Waals surface area contributed by atoms with E-state index in [0.717, 1.165) is 25.0 Å². The topological polar surface area (TPSA) is 104 Å². The molecule has 1 saturated heterocycles. The molecule has 1 fully saturated rings. The first-order chi connectivity index (χ1) is 17.3. The van der Waals surface area contributed by atoms with Crippen LogP contribution in [-0.4, -0.2) is 61.9 Å². The van der Waals surface area contributed by atoms with E-state index in [-0.39, 0.29) is 35.8 Å². The third-order valence-electron chi connectivity index (χ3n) is 6.29. The first-order valence-corrected chi connectivity index (χ1v) is 11.9. The summed E-state index contributed by atoms with van der Waals surface area (Å²) in [4.78, 5) is 19.3. The third-order valence-corrected chi connectivity index (χ3v) is 6.29. The van der Waals surface area contributed by atoms with Gasteiger partial charge in [0.15, 0.2) is 11.6 Å². The van der Waals surface area contributed by atoms with Gasteiger partial charge in [0.1, 0.15) is 22.9 Å². The number of aromatic nitrogens is 5. The summed E-state index contributed by atoms with van der Waals surface area (Å²) in [6, 6.07) is 6.73. The van der Waals surface area contributed by atoms with E-state index in [2.05, 4.69) is 35.5 Å². The van der Waals surface area contributed by atoms with Gasteiger partial charge in [-0.3, -0.25) is 0 Å². The number of aliphatic hydroxyl groups excluding tert-OH is 1. The molecule has 1 atom stereocenters. The maximum atomic E-state index is 14.9. The van der Waals surface area contributed by atoms with Crippen LogP contribution in [0.25, 0.3) is 22.3 Å². The highest BCUT2D eigenvalue weighted by Crippen LogP contribution is 2.30. The quantitative estimate of drug-likeness (QED) is 0.374. The fourth-order valence-electron chi connectivity index (χ4n) is 4.63. The van der Waals surface area contributed by atoms with Crippen molar-refractivity contribution in [3.63, 3.8) is 0 Å². The van der Waals surface area contributed by atoms with Crippen LogP contribution < -0.4 is 15.5 Å². The minimum Gasteiger partial charge on any atom is -0.395 e. The molecule has 0 aliphatic carbocycles. The van der Waals surface area contributed by atoms with Gasteiger partial charge in [0.05, 0.1) is 30.2 Å². The second-order valence-electron chi connectivity index (χ2n) is 9.14. The van der Waals surface area contributed by atoms with Gasteiger partial charge in [-0.25, -0.2) is 28.7 Å². The molecule has 188 valence electrons. The normalized spacial score (nSPS) is 16.2. The lowest BCUT2D eigenvalue weighted by molar-refractivity contribution is 0.235. The van der Waals surface area contributed by atoms with Crippen molar-refractivity contribution in [1.82, 2.24) is 29.8 Å². The molecule has 4 heterocycles. The van der Waals surface area contributed by atoms with Crippen molar-refractivity contribution >= 4 is 28.5 Å². The van der Waals surface area contributed by atoms with E-state index < -0.39 is 11.6 Å². The standard InChI is InChI=1S/C25H28F2N8O/c1-14(2)35-15(3)31-24-19(26)8-16(9-21(24)35)23-20(27)11-30-25(33-23)32-22-5-4-18(10-29-22)34-7-6-28-17(12-34)13-36/h4-5,8-11,14,17,28,36H,6-7,12-13H2,1-3H3,(H,29,30,32,33)/t17-/m1/s1. The number of halogens is 2. The molecule has 0 amide bonds. The zero-order valence-electron chi connectivity index (χ0n) is 20.3. The average molecular weight is 495 g/mol. The van der Waals surface area contributed by atoms with Crippen molar-refractivity contribution in [3.8, 4) is 11.3 Å². The highest BCUT2D eigenvalue weighted by molar-refractivity contribution is 5.83. The number of piperazine rings is 1. The summed E-state index contributed by atoms with van der Waals surface area (Å²) in [6.07, 6.45) is 2.78. The molecule has 5 rings (SSSR count). The van der Waals surface area contributed by atoms with Crippen LogP contribution in [0, 0.1) is 18.6 Å². The number of hydrogen-bond acceptors (Lipinski definition) is 8. The summed E-state index contributed by atoms with van der Waals surface area (Å²) in [5.74, 6) is 0.116. The average Bonchev–Trinajstić information content (AvgIpc) is 3.22. The molecule has 3 aromatic heterocycles. The molecule has 4 aromatic rings. The van der Waals surface area contributed by atoms with Gasteiger partial charge in [-0.1, -0.05) is 0 Å². The van der Waals surface area contributed by atoms with Crippen molar-refractivity contribution in [2.75, 3.05) is 36.5 Å². The number of anilines is 3. The van der Waals surface area contributed by atoms with Crippen molar-refractivity contribution < 1.29 is 13.9 Å². The van der Waals surface area contributed by atoms with Crippen LogP contribution in [0.2, 0.25) is 0 Å². The van der Waals surface area contributed by atoms with Crippen LogP contribution in [0.5, 0.6) is 0 Å². The number of rotatable bonds is 6. The molecule has 1 aliphatic rings. The Morgan fingerprint density at radius 1 is 1.14 bits per heavy atom. The molecular weight excluding hydrogens is 466 g/mol. The summed E-state index contributed by atoms with van der Waals surface area (Å²) in [7, 11) is 0. The van der Waals surface area contributed by atoms with E-state index >= 15 is 0 Å². The Kier molecular flexibility index (Phi) is 6.50. The largest absolute Gasteiger partial charge is 0.395 e. The Morgan fingerprint density at radius 2 is 1.97 bits per heavy atom. The van der Waals surface area contributed by atoms with Gasteiger partial charge in [0.2, 0.25) is 5.95 Å². The number of fused-ring (bicyclic) bond motifs is 1. The number of benzene rings is 1. The zero-order valence-corrected chi connectivity index (χ0v) is 20.3. The summed E-state index contributed by atoms with van der Waals surface area (Å²) in [6.45, 7) is 8.13. The maximum absolute atomic E-state index is 14.9. The second-order valence-corrected chi connectivity index (χ2v) is 9.14. The minimum absolute atomic E-state index is 0.0186. The lowest BCUT2D eigenvalue weighted by Crippen LogP contribution is -2.52. The lowest BCUT2D eigenvalue weighted by Gasteiger charge is -2.34. The van der Waals surface area contributed by atoms with Gasteiger partial charge in [-0.05, 0) is 45.0 Å². The Bertz CT molecular complexity index is 1390. The predicted octanol–water partition coefficient (Wildman–Crippen LogP) is 3.57. The fraction of sp³-hybridized carbons (Fsp3) is 0.360. The smallest absolute Gasteiger partial charge is 0.229 e. The van der Waals surface area contributed by atoms with Crippen LogP contribution >= 0.6 is 0 Å². The van der Waals surface area contributed by atoms with E-state index in [1.807, 2.05) is 31.4 Å². The van der Waals surface area contributed by atoms with E-state index in [1.54, 1.807) is 18.3 Å². The summed E-state index contributed by atoms with van der Waals surface area (Å²) in [5.41, 5.74) is 2.04. The van der Waals surface area contributed by atoms with Crippen LogP contribution in [-0.2, 0) is 0 Å². The number of hydrogen-bond donors (Lipinski definition) is 3. The molecular formula is C25H28F2N8O. The van der Waals surface area contributed by atoms with Crippen molar-refractivity contribution in [1.29, 1.82) is 0 Å². The number of imidazole rings is 1. The van der Waals surface area contributed by atoms with Gasteiger partial charge >= 0.3 is 0 Å². The Morgan fingerprint density at radius 3 is 2.69 bits per heavy atom. The molecule has 3 N–H and O–H groups in total. The maximum Gasteiger partial charge on any atom is 0.229 e. The van der Waals surface area contributed by atoms with E-state index in [4.69, 9.17) is 0 Å². The SMILES string of the molecule is Cc1nc2c(F)cc(-c3nc(Nc4ccc(N5CCN[C@@H](CO)C5)cn4)ncc3F)cc2n1C(C)C. The van der Waals surface area contributed by atoms with E-state index in [9.17, 15) is 13.9 Å². The van der Waals surface area contributed by atoms with Crippen LogP contribution in [0.4, 0.5) is 26.2 Å². The number of pyridine rings is 1. The van der Waals surface area contributed by atoms with Gasteiger partial charge in [0, 0.05) is 37.3 Å². The van der Waals surface area contributed by atoms with Crippen molar-refractivity contribution in [3.05, 3.63) is 54.1 Å². The van der Waals surface area contributed by atoms with Crippen LogP contribution in [0.15, 0.2) is 36.7 Å². The first kappa shape index (κ1) is 24.0. The monoisotopic (exact) mass is 494 g/mol. The minimum atomic E-state index is -0.660. The van der Waals surface area contributed by atoms with Gasteiger partial charge in [-0.15, -0.1) is 0 Å². The second kappa shape index (κ2) is 9.75. The molecule has 1 aliphatic heterocycles. The predicted molar refractivity (Wildman–Crippen MR) is 134 cm³/mol. The number of nitrogens with zero attached hydrogens (tertiary/aromatic N) is 6. The molecule has 11 heteroatoms. The number of aliphatic hydroxyl groups is 1. The Hall–Kier alpha value is -3.70. The molecule has 0 bridgehead atoms. The van der Waals surface area contributed by atoms with Crippen molar-refractivity contribution in [2.45, 2.75) is 32.9 Å². The molecule has 0 unspecified atom stereocenters. The Labute approximate surface area is 207 Å². The van der Waals surface area contributed by atoms with Gasteiger partial charge < -0.3 is 25.2 Å². The van der Waals surface area contributed by atoms with E-state index in [1.165, 1.54) is 6.07 Å². The van der Waals surface area contributed by atoms with Gasteiger partial charge in [-0.2, -0.15) is 0 Å². The zero-order chi connectivity index (χ0) is 25.4. The number of nitrogens with one attached hydrogen (secondary N) is 2. The van der Waals surface area contributed by atoms with Crippen LogP contribution in [0.1, 0.15) is 25.7 Å². The summed E-state index contributed by atoms with van der Waals surface area (Å²) in [5, 5.41) is 15.7. The third kappa shape index (κ3) is 4.59. The first-order valence-electron chi connectivity index (χ1n) is 11.9. The molecule has 36 heavy (non-hydrogen) atoms. The highest BCUT2D eigenvalue weighted by Gasteiger charge is 2.20. The lowest BCUT2D eigenvalue weighted by atomic mass is 10.1.